The van der Waals surface area contributed by atoms with Crippen LogP contribution in [-0.2, 0) is 10.0 Å². The molecule has 0 spiro atoms. The van der Waals surface area contributed by atoms with Gasteiger partial charge in [-0.1, -0.05) is 11.6 Å². The van der Waals surface area contributed by atoms with Crippen LogP contribution in [0.2, 0.25) is 5.02 Å². The van der Waals surface area contributed by atoms with Gasteiger partial charge in [-0.2, -0.15) is 4.31 Å². The summed E-state index contributed by atoms with van der Waals surface area (Å²) in [4.78, 5) is 15.6. The normalized spacial score (nSPS) is 18.2. The van der Waals surface area contributed by atoms with Crippen LogP contribution >= 0.6 is 11.6 Å². The molecule has 2 heterocycles. The fourth-order valence-electron chi connectivity index (χ4n) is 4.19. The van der Waals surface area contributed by atoms with Crippen LogP contribution in [0.5, 0.6) is 0 Å². The second-order valence-electron chi connectivity index (χ2n) is 7.82. The molecule has 4 rings (SSSR count). The Morgan fingerprint density at radius 2 is 1.48 bits per heavy atom. The first-order valence-corrected chi connectivity index (χ1v) is 12.2. The number of piperidine rings is 1. The fraction of sp³-hybridized carbons (Fsp3) is 0.429. The van der Waals surface area contributed by atoms with Gasteiger partial charge >= 0.3 is 0 Å². The zero-order valence-corrected chi connectivity index (χ0v) is 18.7. The van der Waals surface area contributed by atoms with Crippen molar-refractivity contribution in [1.82, 2.24) is 4.31 Å². The van der Waals surface area contributed by atoms with Gasteiger partial charge < -0.3 is 9.80 Å². The number of hydrogen-bond donors (Lipinski definition) is 0. The number of nitro benzene ring substituents is 1. The molecule has 2 aromatic carbocycles. The number of rotatable bonds is 5. The summed E-state index contributed by atoms with van der Waals surface area (Å²) in [5.74, 6) is 0. The van der Waals surface area contributed by atoms with Crippen molar-refractivity contribution in [3.05, 3.63) is 57.6 Å². The predicted molar refractivity (Wildman–Crippen MR) is 122 cm³/mol. The van der Waals surface area contributed by atoms with Crippen LogP contribution in [0.15, 0.2) is 47.4 Å². The molecule has 0 aliphatic carbocycles. The largest absolute Gasteiger partial charge is 0.369 e. The lowest BCUT2D eigenvalue weighted by Crippen LogP contribution is -2.48. The van der Waals surface area contributed by atoms with Crippen molar-refractivity contribution in [1.29, 1.82) is 0 Å². The van der Waals surface area contributed by atoms with E-state index >= 15 is 0 Å². The molecule has 2 aliphatic rings. The standard InChI is InChI=1S/C21H25ClN4O4S/c22-17-4-7-19(8-5-17)31(29,30)25-14-12-23(13-15-25)18-6-9-20(26(27)28)21(16-18)24-10-2-1-3-11-24/h4-9,16H,1-3,10-15H2. The lowest BCUT2D eigenvalue weighted by Gasteiger charge is -2.36. The van der Waals surface area contributed by atoms with E-state index in [1.807, 2.05) is 6.07 Å². The first-order valence-electron chi connectivity index (χ1n) is 10.4. The molecule has 2 aliphatic heterocycles. The van der Waals surface area contributed by atoms with Crippen LogP contribution in [0.4, 0.5) is 17.1 Å². The summed E-state index contributed by atoms with van der Waals surface area (Å²) in [6, 6.07) is 11.4. The summed E-state index contributed by atoms with van der Waals surface area (Å²) in [7, 11) is -3.58. The third-order valence-electron chi connectivity index (χ3n) is 5.91. The average Bonchev–Trinajstić information content (AvgIpc) is 2.79. The lowest BCUT2D eigenvalue weighted by molar-refractivity contribution is -0.384. The molecule has 2 aromatic rings. The Kier molecular flexibility index (Phi) is 6.36. The Bertz CT molecular complexity index is 1050. The van der Waals surface area contributed by atoms with E-state index in [1.54, 1.807) is 24.3 Å². The van der Waals surface area contributed by atoms with Crippen LogP contribution in [0.1, 0.15) is 19.3 Å². The summed E-state index contributed by atoms with van der Waals surface area (Å²) in [6.07, 6.45) is 3.21. The minimum absolute atomic E-state index is 0.120. The van der Waals surface area contributed by atoms with Crippen LogP contribution in [0.25, 0.3) is 0 Å². The summed E-state index contributed by atoms with van der Waals surface area (Å²) in [5.41, 5.74) is 1.66. The summed E-state index contributed by atoms with van der Waals surface area (Å²) < 4.78 is 27.3. The van der Waals surface area contributed by atoms with Crippen molar-refractivity contribution < 1.29 is 13.3 Å². The van der Waals surface area contributed by atoms with Crippen LogP contribution < -0.4 is 9.80 Å². The Morgan fingerprint density at radius 3 is 2.10 bits per heavy atom. The van der Waals surface area contributed by atoms with E-state index in [0.717, 1.165) is 38.0 Å². The summed E-state index contributed by atoms with van der Waals surface area (Å²) >= 11 is 5.87. The van der Waals surface area contributed by atoms with Gasteiger partial charge in [0, 0.05) is 56.0 Å². The molecular formula is C21H25ClN4O4S. The third kappa shape index (κ3) is 4.63. The smallest absolute Gasteiger partial charge is 0.292 e. The van der Waals surface area contributed by atoms with Gasteiger partial charge in [0.15, 0.2) is 0 Å². The second kappa shape index (κ2) is 9.02. The maximum atomic E-state index is 12.9. The van der Waals surface area contributed by atoms with Gasteiger partial charge in [-0.05, 0) is 55.7 Å². The predicted octanol–water partition coefficient (Wildman–Crippen LogP) is 3.75. The van der Waals surface area contributed by atoms with Crippen molar-refractivity contribution >= 4 is 38.7 Å². The molecule has 10 heteroatoms. The molecule has 0 unspecified atom stereocenters. The van der Waals surface area contributed by atoms with E-state index in [4.69, 9.17) is 11.6 Å². The fourth-order valence-corrected chi connectivity index (χ4v) is 5.74. The number of nitro groups is 1. The summed E-state index contributed by atoms with van der Waals surface area (Å²) in [5, 5.41) is 12.0. The van der Waals surface area contributed by atoms with E-state index in [2.05, 4.69) is 9.80 Å². The van der Waals surface area contributed by atoms with Crippen molar-refractivity contribution in [2.24, 2.45) is 0 Å². The first-order chi connectivity index (χ1) is 14.9. The van der Waals surface area contributed by atoms with Gasteiger partial charge in [0.2, 0.25) is 10.0 Å². The minimum atomic E-state index is -3.58. The van der Waals surface area contributed by atoms with Gasteiger partial charge in [0.05, 0.1) is 9.82 Å². The molecule has 0 N–H and O–H groups in total. The molecule has 31 heavy (non-hydrogen) atoms. The number of sulfonamides is 1. The summed E-state index contributed by atoms with van der Waals surface area (Å²) in [6.45, 7) is 3.37. The third-order valence-corrected chi connectivity index (χ3v) is 8.07. The monoisotopic (exact) mass is 464 g/mol. The molecule has 0 bridgehead atoms. The molecule has 0 amide bonds. The molecule has 0 aromatic heterocycles. The number of anilines is 2. The van der Waals surface area contributed by atoms with Gasteiger partial charge in [0.1, 0.15) is 5.69 Å². The average molecular weight is 465 g/mol. The highest BCUT2D eigenvalue weighted by Gasteiger charge is 2.29. The Balaban J connectivity index is 1.50. The highest BCUT2D eigenvalue weighted by atomic mass is 35.5. The van der Waals surface area contributed by atoms with Crippen LogP contribution in [0, 0.1) is 10.1 Å². The molecule has 0 atom stereocenters. The van der Waals surface area contributed by atoms with E-state index in [1.165, 1.54) is 16.4 Å². The number of hydrogen-bond acceptors (Lipinski definition) is 6. The van der Waals surface area contributed by atoms with Crippen molar-refractivity contribution in [2.75, 3.05) is 49.1 Å². The Labute approximate surface area is 187 Å². The van der Waals surface area contributed by atoms with E-state index in [0.29, 0.717) is 36.9 Å². The van der Waals surface area contributed by atoms with E-state index in [9.17, 15) is 18.5 Å². The molecule has 2 saturated heterocycles. The molecule has 0 saturated carbocycles. The number of nitrogens with zero attached hydrogens (tertiary/aromatic N) is 4. The molecular weight excluding hydrogens is 440 g/mol. The lowest BCUT2D eigenvalue weighted by atomic mass is 10.1. The zero-order chi connectivity index (χ0) is 22.0. The minimum Gasteiger partial charge on any atom is -0.369 e. The Hall–Kier alpha value is -2.36. The molecule has 166 valence electrons. The highest BCUT2D eigenvalue weighted by molar-refractivity contribution is 7.89. The van der Waals surface area contributed by atoms with Gasteiger partial charge in [-0.25, -0.2) is 8.42 Å². The van der Waals surface area contributed by atoms with Crippen LogP contribution in [-0.4, -0.2) is 56.9 Å². The van der Waals surface area contributed by atoms with Crippen molar-refractivity contribution in [3.63, 3.8) is 0 Å². The number of benzene rings is 2. The SMILES string of the molecule is O=[N+]([O-])c1ccc(N2CCN(S(=O)(=O)c3ccc(Cl)cc3)CC2)cc1N1CCCCC1. The van der Waals surface area contributed by atoms with Gasteiger partial charge in [-0.3, -0.25) is 10.1 Å². The number of halogens is 1. The van der Waals surface area contributed by atoms with Crippen molar-refractivity contribution in [3.8, 4) is 0 Å². The zero-order valence-electron chi connectivity index (χ0n) is 17.1. The molecule has 2 fully saturated rings. The maximum absolute atomic E-state index is 12.9. The first kappa shape index (κ1) is 21.9. The van der Waals surface area contributed by atoms with E-state index < -0.39 is 10.0 Å². The van der Waals surface area contributed by atoms with Gasteiger partial charge in [0.25, 0.3) is 5.69 Å². The quantitative estimate of drug-likeness (QED) is 0.494. The maximum Gasteiger partial charge on any atom is 0.292 e. The van der Waals surface area contributed by atoms with Gasteiger partial charge in [-0.15, -0.1) is 0 Å². The number of piperazine rings is 1. The van der Waals surface area contributed by atoms with Crippen LogP contribution in [0.3, 0.4) is 0 Å². The molecule has 8 nitrogen and oxygen atoms in total. The highest BCUT2D eigenvalue weighted by Crippen LogP contribution is 2.34. The van der Waals surface area contributed by atoms with Crippen molar-refractivity contribution in [2.45, 2.75) is 24.2 Å². The molecule has 0 radical (unpaired) electrons. The van der Waals surface area contributed by atoms with E-state index in [-0.39, 0.29) is 15.5 Å². The Morgan fingerprint density at radius 1 is 0.839 bits per heavy atom. The topological polar surface area (TPSA) is 87.0 Å². The second-order valence-corrected chi connectivity index (χ2v) is 10.2.